The molecule has 0 spiro atoms. The highest BCUT2D eigenvalue weighted by molar-refractivity contribution is 7.15. The zero-order chi connectivity index (χ0) is 12.5. The lowest BCUT2D eigenvalue weighted by Gasteiger charge is -2.04. The second kappa shape index (κ2) is 4.55. The van der Waals surface area contributed by atoms with Crippen LogP contribution in [0, 0.1) is 0 Å². The van der Waals surface area contributed by atoms with Gasteiger partial charge in [-0.15, -0.1) is 11.3 Å². The molecule has 0 aliphatic carbocycles. The van der Waals surface area contributed by atoms with E-state index in [1.165, 1.54) is 16.8 Å². The van der Waals surface area contributed by atoms with Crippen LogP contribution >= 0.6 is 11.3 Å². The average Bonchev–Trinajstić information content (AvgIpc) is 3.00. The van der Waals surface area contributed by atoms with E-state index in [2.05, 4.69) is 46.0 Å². The Labute approximate surface area is 110 Å². The molecule has 3 aromatic rings. The Kier molecular flexibility index (Phi) is 2.89. The number of thiazole rings is 1. The van der Waals surface area contributed by atoms with Crippen LogP contribution in [0.15, 0.2) is 35.8 Å². The SMILES string of the molecule is CCc1ccc(-c2csc3cnc(CN)n23)cc1. The van der Waals surface area contributed by atoms with E-state index in [4.69, 9.17) is 5.73 Å². The van der Waals surface area contributed by atoms with Gasteiger partial charge in [-0.25, -0.2) is 4.98 Å². The first-order valence-corrected chi connectivity index (χ1v) is 6.94. The number of rotatable bonds is 3. The van der Waals surface area contributed by atoms with Crippen molar-refractivity contribution in [2.45, 2.75) is 19.9 Å². The summed E-state index contributed by atoms with van der Waals surface area (Å²) in [7, 11) is 0. The lowest BCUT2D eigenvalue weighted by molar-refractivity contribution is 0.912. The van der Waals surface area contributed by atoms with E-state index < -0.39 is 0 Å². The Morgan fingerprint density at radius 1 is 1.28 bits per heavy atom. The zero-order valence-electron chi connectivity index (χ0n) is 10.3. The molecule has 1 aromatic carbocycles. The van der Waals surface area contributed by atoms with Gasteiger partial charge in [-0.2, -0.15) is 0 Å². The fraction of sp³-hybridized carbons (Fsp3) is 0.214. The van der Waals surface area contributed by atoms with Gasteiger partial charge in [-0.1, -0.05) is 31.2 Å². The summed E-state index contributed by atoms with van der Waals surface area (Å²) in [6.45, 7) is 2.63. The predicted molar refractivity (Wildman–Crippen MR) is 75.8 cm³/mol. The largest absolute Gasteiger partial charge is 0.324 e. The highest BCUT2D eigenvalue weighted by atomic mass is 32.1. The molecule has 3 nitrogen and oxygen atoms in total. The molecule has 0 aliphatic heterocycles. The van der Waals surface area contributed by atoms with E-state index >= 15 is 0 Å². The number of imidazole rings is 1. The molecule has 0 saturated heterocycles. The molecule has 0 radical (unpaired) electrons. The molecule has 92 valence electrons. The number of hydrogen-bond donors (Lipinski definition) is 1. The lowest BCUT2D eigenvalue weighted by atomic mass is 10.1. The van der Waals surface area contributed by atoms with Crippen molar-refractivity contribution in [1.82, 2.24) is 9.38 Å². The summed E-state index contributed by atoms with van der Waals surface area (Å²) in [5.74, 6) is 0.917. The number of aryl methyl sites for hydroxylation is 1. The first-order valence-electron chi connectivity index (χ1n) is 6.06. The molecule has 2 heterocycles. The maximum Gasteiger partial charge on any atom is 0.128 e. The molecule has 0 aliphatic rings. The number of fused-ring (bicyclic) bond motifs is 1. The minimum atomic E-state index is 0.463. The number of benzene rings is 1. The molecule has 18 heavy (non-hydrogen) atoms. The van der Waals surface area contributed by atoms with Crippen LogP contribution in [0.4, 0.5) is 0 Å². The highest BCUT2D eigenvalue weighted by Gasteiger charge is 2.10. The van der Waals surface area contributed by atoms with Crippen LogP contribution in [-0.4, -0.2) is 9.38 Å². The standard InChI is InChI=1S/C14H15N3S/c1-2-10-3-5-11(6-4-10)12-9-18-14-8-16-13(7-15)17(12)14/h3-6,8-9H,2,7,15H2,1H3. The molecular formula is C14H15N3S. The molecule has 0 amide bonds. The maximum absolute atomic E-state index is 5.73. The predicted octanol–water partition coefficient (Wildman–Crippen LogP) is 3.08. The first-order chi connectivity index (χ1) is 8.83. The minimum Gasteiger partial charge on any atom is -0.324 e. The van der Waals surface area contributed by atoms with Crippen molar-refractivity contribution < 1.29 is 0 Å². The van der Waals surface area contributed by atoms with Crippen molar-refractivity contribution in [3.05, 3.63) is 47.2 Å². The molecule has 0 saturated carbocycles. The smallest absolute Gasteiger partial charge is 0.128 e. The second-order valence-corrected chi connectivity index (χ2v) is 5.11. The monoisotopic (exact) mass is 257 g/mol. The third kappa shape index (κ3) is 1.74. The van der Waals surface area contributed by atoms with Gasteiger partial charge in [-0.3, -0.25) is 4.40 Å². The van der Waals surface area contributed by atoms with Gasteiger partial charge in [0, 0.05) is 5.38 Å². The van der Waals surface area contributed by atoms with Gasteiger partial charge < -0.3 is 5.73 Å². The average molecular weight is 257 g/mol. The van der Waals surface area contributed by atoms with Gasteiger partial charge in [0.25, 0.3) is 0 Å². The molecule has 4 heteroatoms. The normalized spacial score (nSPS) is 11.2. The minimum absolute atomic E-state index is 0.463. The van der Waals surface area contributed by atoms with Crippen molar-refractivity contribution in [1.29, 1.82) is 0 Å². The van der Waals surface area contributed by atoms with Gasteiger partial charge in [-0.05, 0) is 17.5 Å². The van der Waals surface area contributed by atoms with Crippen molar-refractivity contribution >= 4 is 16.2 Å². The number of nitrogens with two attached hydrogens (primary N) is 1. The van der Waals surface area contributed by atoms with Crippen LogP contribution in [0.1, 0.15) is 18.3 Å². The van der Waals surface area contributed by atoms with Crippen LogP contribution in [0.3, 0.4) is 0 Å². The van der Waals surface area contributed by atoms with Crippen LogP contribution in [0.2, 0.25) is 0 Å². The van der Waals surface area contributed by atoms with E-state index in [1.54, 1.807) is 11.3 Å². The van der Waals surface area contributed by atoms with Crippen LogP contribution in [-0.2, 0) is 13.0 Å². The summed E-state index contributed by atoms with van der Waals surface area (Å²) in [5.41, 5.74) is 9.48. The Morgan fingerprint density at radius 2 is 2.06 bits per heavy atom. The number of nitrogens with zero attached hydrogens (tertiary/aromatic N) is 2. The van der Waals surface area contributed by atoms with E-state index in [9.17, 15) is 0 Å². The molecular weight excluding hydrogens is 242 g/mol. The molecule has 2 N–H and O–H groups in total. The quantitative estimate of drug-likeness (QED) is 0.783. The van der Waals surface area contributed by atoms with Crippen molar-refractivity contribution in [2.75, 3.05) is 0 Å². The molecule has 0 atom stereocenters. The number of aromatic nitrogens is 2. The summed E-state index contributed by atoms with van der Waals surface area (Å²) in [5, 5.41) is 2.16. The fourth-order valence-corrected chi connectivity index (χ4v) is 3.03. The summed E-state index contributed by atoms with van der Waals surface area (Å²) in [6.07, 6.45) is 2.95. The summed E-state index contributed by atoms with van der Waals surface area (Å²) >= 11 is 1.70. The van der Waals surface area contributed by atoms with Crippen LogP contribution in [0.25, 0.3) is 16.1 Å². The van der Waals surface area contributed by atoms with Crippen LogP contribution in [0.5, 0.6) is 0 Å². The zero-order valence-corrected chi connectivity index (χ0v) is 11.1. The molecule has 2 aromatic heterocycles. The van der Waals surface area contributed by atoms with Gasteiger partial charge in [0.1, 0.15) is 10.7 Å². The Morgan fingerprint density at radius 3 is 2.72 bits per heavy atom. The lowest BCUT2D eigenvalue weighted by Crippen LogP contribution is -2.02. The maximum atomic E-state index is 5.73. The number of hydrogen-bond acceptors (Lipinski definition) is 3. The summed E-state index contributed by atoms with van der Waals surface area (Å²) in [4.78, 5) is 5.49. The van der Waals surface area contributed by atoms with E-state index in [0.29, 0.717) is 6.54 Å². The van der Waals surface area contributed by atoms with Crippen molar-refractivity contribution in [3.8, 4) is 11.3 Å². The van der Waals surface area contributed by atoms with Crippen molar-refractivity contribution in [3.63, 3.8) is 0 Å². The highest BCUT2D eigenvalue weighted by Crippen LogP contribution is 2.27. The molecule has 0 fully saturated rings. The summed E-state index contributed by atoms with van der Waals surface area (Å²) < 4.78 is 2.14. The summed E-state index contributed by atoms with van der Waals surface area (Å²) in [6, 6.07) is 8.69. The van der Waals surface area contributed by atoms with Gasteiger partial charge >= 0.3 is 0 Å². The van der Waals surface area contributed by atoms with Gasteiger partial charge in [0.15, 0.2) is 0 Å². The third-order valence-corrected chi connectivity index (χ3v) is 4.05. The molecule has 3 rings (SSSR count). The van der Waals surface area contributed by atoms with E-state index in [0.717, 1.165) is 17.1 Å². The second-order valence-electron chi connectivity index (χ2n) is 4.22. The Bertz CT molecular complexity index is 664. The third-order valence-electron chi connectivity index (χ3n) is 3.18. The Balaban J connectivity index is 2.14. The van der Waals surface area contributed by atoms with Crippen molar-refractivity contribution in [2.24, 2.45) is 5.73 Å². The molecule has 0 unspecified atom stereocenters. The topological polar surface area (TPSA) is 43.3 Å². The van der Waals surface area contributed by atoms with E-state index in [1.807, 2.05) is 6.20 Å². The Hall–Kier alpha value is -1.65. The van der Waals surface area contributed by atoms with E-state index in [-0.39, 0.29) is 0 Å². The van der Waals surface area contributed by atoms with Gasteiger partial charge in [0.05, 0.1) is 18.4 Å². The fourth-order valence-electron chi connectivity index (χ4n) is 2.13. The first kappa shape index (κ1) is 11.4. The van der Waals surface area contributed by atoms with Crippen LogP contribution < -0.4 is 5.73 Å². The van der Waals surface area contributed by atoms with Gasteiger partial charge in [0.2, 0.25) is 0 Å². The molecule has 0 bridgehead atoms.